The van der Waals surface area contributed by atoms with E-state index in [-0.39, 0.29) is 6.04 Å². The first kappa shape index (κ1) is 14.1. The van der Waals surface area contributed by atoms with Crippen LogP contribution in [0.5, 0.6) is 11.5 Å². The summed E-state index contributed by atoms with van der Waals surface area (Å²) in [7, 11) is 0. The third kappa shape index (κ3) is 4.38. The summed E-state index contributed by atoms with van der Waals surface area (Å²) in [6.07, 6.45) is 1.87. The lowest BCUT2D eigenvalue weighted by Crippen LogP contribution is -2.40. The van der Waals surface area contributed by atoms with Crippen LogP contribution in [-0.4, -0.2) is 38.9 Å². The fraction of sp³-hybridized carbons (Fsp3) is 0.571. The molecule has 1 atom stereocenters. The quantitative estimate of drug-likeness (QED) is 0.643. The molecule has 0 spiro atoms. The molecule has 0 saturated carbocycles. The minimum Gasteiger partial charge on any atom is -0.490 e. The third-order valence-corrected chi connectivity index (χ3v) is 3.11. The van der Waals surface area contributed by atoms with Gasteiger partial charge in [0.2, 0.25) is 0 Å². The summed E-state index contributed by atoms with van der Waals surface area (Å²) in [6, 6.07) is 6.16. The zero-order valence-corrected chi connectivity index (χ0v) is 11.2. The van der Waals surface area contributed by atoms with Gasteiger partial charge in [-0.05, 0) is 30.7 Å². The van der Waals surface area contributed by atoms with Crippen molar-refractivity contribution in [1.29, 1.82) is 0 Å². The van der Waals surface area contributed by atoms with E-state index in [4.69, 9.17) is 20.9 Å². The summed E-state index contributed by atoms with van der Waals surface area (Å²) in [6.45, 7) is 3.59. The van der Waals surface area contributed by atoms with Crippen LogP contribution in [0.25, 0.3) is 0 Å². The largest absolute Gasteiger partial charge is 0.490 e. The van der Waals surface area contributed by atoms with Crippen molar-refractivity contribution in [2.45, 2.75) is 18.9 Å². The minimum absolute atomic E-state index is 0.0313. The molecule has 1 aliphatic rings. The van der Waals surface area contributed by atoms with Gasteiger partial charge < -0.3 is 26.3 Å². The molecule has 1 aliphatic heterocycles. The molecule has 0 saturated heterocycles. The Labute approximate surface area is 114 Å². The van der Waals surface area contributed by atoms with Gasteiger partial charge in [0.25, 0.3) is 0 Å². The first-order chi connectivity index (χ1) is 9.29. The summed E-state index contributed by atoms with van der Waals surface area (Å²) in [4.78, 5) is 0. The van der Waals surface area contributed by atoms with Crippen molar-refractivity contribution >= 4 is 0 Å². The third-order valence-electron chi connectivity index (χ3n) is 3.11. The van der Waals surface area contributed by atoms with E-state index >= 15 is 0 Å². The molecule has 1 heterocycles. The maximum Gasteiger partial charge on any atom is 0.161 e. The Kier molecular flexibility index (Phi) is 5.44. The van der Waals surface area contributed by atoms with Crippen LogP contribution in [0, 0.1) is 0 Å². The van der Waals surface area contributed by atoms with Gasteiger partial charge in [-0.3, -0.25) is 0 Å². The van der Waals surface area contributed by atoms with Gasteiger partial charge in [0, 0.05) is 25.6 Å². The van der Waals surface area contributed by atoms with E-state index in [9.17, 15) is 0 Å². The summed E-state index contributed by atoms with van der Waals surface area (Å²) >= 11 is 0. The molecule has 5 heteroatoms. The molecule has 1 aromatic carbocycles. The number of hydrogen-bond donors (Lipinski definition) is 3. The highest BCUT2D eigenvalue weighted by Crippen LogP contribution is 2.30. The Morgan fingerprint density at radius 3 is 2.79 bits per heavy atom. The lowest BCUT2D eigenvalue weighted by atomic mass is 10.1. The van der Waals surface area contributed by atoms with Crippen LogP contribution in [0.1, 0.15) is 12.0 Å². The highest BCUT2D eigenvalue weighted by molar-refractivity contribution is 5.43. The van der Waals surface area contributed by atoms with Gasteiger partial charge in [-0.15, -0.1) is 0 Å². The molecule has 0 amide bonds. The van der Waals surface area contributed by atoms with Crippen molar-refractivity contribution in [3.8, 4) is 11.5 Å². The number of nitrogens with one attached hydrogen (secondary N) is 1. The van der Waals surface area contributed by atoms with Crippen molar-refractivity contribution in [3.05, 3.63) is 23.8 Å². The molecule has 106 valence electrons. The molecule has 19 heavy (non-hydrogen) atoms. The monoisotopic (exact) mass is 265 g/mol. The number of rotatable bonds is 6. The zero-order chi connectivity index (χ0) is 13.5. The van der Waals surface area contributed by atoms with Crippen molar-refractivity contribution in [2.75, 3.05) is 32.8 Å². The number of ether oxygens (including phenoxy) is 2. The maximum absolute atomic E-state index is 5.74. The molecule has 5 nitrogen and oxygen atoms in total. The van der Waals surface area contributed by atoms with E-state index in [1.54, 1.807) is 0 Å². The standard InChI is InChI=1S/C14H23N3O2/c15-9-12(16)10-17-5-4-11-2-3-13-14(8-11)19-7-1-6-18-13/h2-3,8,12,17H,1,4-7,9-10,15-16H2. The molecule has 5 N–H and O–H groups in total. The summed E-state index contributed by atoms with van der Waals surface area (Å²) in [5.41, 5.74) is 12.4. The van der Waals surface area contributed by atoms with Crippen LogP contribution in [0.3, 0.4) is 0 Å². The van der Waals surface area contributed by atoms with Gasteiger partial charge in [0.05, 0.1) is 13.2 Å². The van der Waals surface area contributed by atoms with Crippen molar-refractivity contribution in [3.63, 3.8) is 0 Å². The van der Waals surface area contributed by atoms with Gasteiger partial charge >= 0.3 is 0 Å². The van der Waals surface area contributed by atoms with E-state index in [0.717, 1.165) is 50.6 Å². The van der Waals surface area contributed by atoms with Gasteiger partial charge in [-0.1, -0.05) is 6.07 Å². The minimum atomic E-state index is 0.0313. The highest BCUT2D eigenvalue weighted by atomic mass is 16.5. The first-order valence-electron chi connectivity index (χ1n) is 6.84. The van der Waals surface area contributed by atoms with Crippen molar-refractivity contribution < 1.29 is 9.47 Å². The number of nitrogens with two attached hydrogens (primary N) is 2. The van der Waals surface area contributed by atoms with E-state index in [0.29, 0.717) is 6.54 Å². The van der Waals surface area contributed by atoms with E-state index in [1.165, 1.54) is 5.56 Å². The summed E-state index contributed by atoms with van der Waals surface area (Å²) in [5, 5.41) is 3.30. The van der Waals surface area contributed by atoms with E-state index in [2.05, 4.69) is 17.4 Å². The van der Waals surface area contributed by atoms with Crippen LogP contribution in [-0.2, 0) is 6.42 Å². The Hall–Kier alpha value is -1.30. The van der Waals surface area contributed by atoms with E-state index < -0.39 is 0 Å². The molecule has 1 aromatic rings. The first-order valence-corrected chi connectivity index (χ1v) is 6.84. The van der Waals surface area contributed by atoms with Crippen LogP contribution in [0.15, 0.2) is 18.2 Å². The Balaban J connectivity index is 1.82. The van der Waals surface area contributed by atoms with Crippen LogP contribution in [0.4, 0.5) is 0 Å². The highest BCUT2D eigenvalue weighted by Gasteiger charge is 2.10. The van der Waals surface area contributed by atoms with Gasteiger partial charge in [0.1, 0.15) is 0 Å². The predicted octanol–water partition coefficient (Wildman–Crippen LogP) is 0.266. The van der Waals surface area contributed by atoms with Crippen LogP contribution >= 0.6 is 0 Å². The Morgan fingerprint density at radius 2 is 2.00 bits per heavy atom. The number of fused-ring (bicyclic) bond motifs is 1. The smallest absolute Gasteiger partial charge is 0.161 e. The normalized spacial score (nSPS) is 15.9. The van der Waals surface area contributed by atoms with Crippen LogP contribution < -0.4 is 26.3 Å². The van der Waals surface area contributed by atoms with Crippen LogP contribution in [0.2, 0.25) is 0 Å². The molecule has 0 aromatic heterocycles. The SMILES string of the molecule is NCC(N)CNCCc1ccc2c(c1)OCCCO2. The Morgan fingerprint density at radius 1 is 1.21 bits per heavy atom. The number of hydrogen-bond acceptors (Lipinski definition) is 5. The molecular formula is C14H23N3O2. The topological polar surface area (TPSA) is 82.5 Å². The predicted molar refractivity (Wildman–Crippen MR) is 75.7 cm³/mol. The fourth-order valence-corrected chi connectivity index (χ4v) is 1.97. The van der Waals surface area contributed by atoms with Gasteiger partial charge in [0.15, 0.2) is 11.5 Å². The molecule has 0 radical (unpaired) electrons. The fourth-order valence-electron chi connectivity index (χ4n) is 1.97. The lowest BCUT2D eigenvalue weighted by Gasteiger charge is -2.11. The van der Waals surface area contributed by atoms with Crippen molar-refractivity contribution in [2.24, 2.45) is 11.5 Å². The molecule has 0 bridgehead atoms. The van der Waals surface area contributed by atoms with Gasteiger partial charge in [-0.2, -0.15) is 0 Å². The average Bonchev–Trinajstić information content (AvgIpc) is 2.68. The molecule has 2 rings (SSSR count). The second-order valence-corrected chi connectivity index (χ2v) is 4.78. The molecule has 0 fully saturated rings. The molecular weight excluding hydrogens is 242 g/mol. The number of benzene rings is 1. The van der Waals surface area contributed by atoms with Gasteiger partial charge in [-0.25, -0.2) is 0 Å². The molecule has 0 aliphatic carbocycles. The zero-order valence-electron chi connectivity index (χ0n) is 11.2. The Bertz CT molecular complexity index is 398. The molecule has 1 unspecified atom stereocenters. The van der Waals surface area contributed by atoms with Crippen molar-refractivity contribution in [1.82, 2.24) is 5.32 Å². The van der Waals surface area contributed by atoms with E-state index in [1.807, 2.05) is 6.07 Å². The lowest BCUT2D eigenvalue weighted by molar-refractivity contribution is 0.297. The maximum atomic E-state index is 5.74. The summed E-state index contributed by atoms with van der Waals surface area (Å²) in [5.74, 6) is 1.70. The average molecular weight is 265 g/mol. The second kappa shape index (κ2) is 7.33. The summed E-state index contributed by atoms with van der Waals surface area (Å²) < 4.78 is 11.3. The second-order valence-electron chi connectivity index (χ2n) is 4.78.